The fraction of sp³-hybridized carbons (Fsp3) is 0.643. The van der Waals surface area contributed by atoms with Crippen LogP contribution in [0.4, 0.5) is 4.79 Å². The van der Waals surface area contributed by atoms with Gasteiger partial charge in [0.25, 0.3) is 0 Å². The van der Waals surface area contributed by atoms with Crippen molar-refractivity contribution in [1.82, 2.24) is 9.88 Å². The number of hydrogen-bond donors (Lipinski definition) is 1. The van der Waals surface area contributed by atoms with Crippen LogP contribution < -0.4 is 0 Å². The van der Waals surface area contributed by atoms with E-state index in [9.17, 15) is 14.7 Å². The Morgan fingerprint density at radius 3 is 2.76 bits per heavy atom. The number of hydrogen-bond acceptors (Lipinski definition) is 5. The standard InChI is InChI=1S/C14H20N2O4S/c1-14(2,3)20-13(19)16-6-9(5-11(16)12(17)18)4-10-7-21-8-15-10/h7-9,11H,4-6H2,1-3H3,(H,17,18). The molecule has 1 aromatic rings. The second-order valence-electron chi connectivity index (χ2n) is 6.27. The maximum Gasteiger partial charge on any atom is 0.411 e. The number of thiazole rings is 1. The predicted octanol–water partition coefficient (Wildman–Crippen LogP) is 2.40. The molecule has 0 spiro atoms. The Morgan fingerprint density at radius 2 is 2.24 bits per heavy atom. The number of carboxylic acids is 1. The summed E-state index contributed by atoms with van der Waals surface area (Å²) in [4.78, 5) is 29.1. The molecule has 2 rings (SSSR count). The molecule has 2 unspecified atom stereocenters. The Kier molecular flexibility index (Phi) is 4.51. The zero-order chi connectivity index (χ0) is 15.6. The van der Waals surface area contributed by atoms with E-state index in [-0.39, 0.29) is 5.92 Å². The predicted molar refractivity (Wildman–Crippen MR) is 78.3 cm³/mol. The molecule has 1 fully saturated rings. The Labute approximate surface area is 127 Å². The normalized spacial score (nSPS) is 22.3. The first kappa shape index (κ1) is 15.8. The fourth-order valence-corrected chi connectivity index (χ4v) is 3.03. The number of carboxylic acid groups (broad SMARTS) is 1. The summed E-state index contributed by atoms with van der Waals surface area (Å²) in [6.45, 7) is 5.69. The highest BCUT2D eigenvalue weighted by atomic mass is 32.1. The zero-order valence-electron chi connectivity index (χ0n) is 12.4. The molecule has 1 aliphatic heterocycles. The monoisotopic (exact) mass is 312 g/mol. The minimum atomic E-state index is -0.985. The largest absolute Gasteiger partial charge is 0.480 e. The van der Waals surface area contributed by atoms with Crippen LogP contribution in [-0.2, 0) is 16.0 Å². The van der Waals surface area contributed by atoms with Gasteiger partial charge in [0.1, 0.15) is 11.6 Å². The van der Waals surface area contributed by atoms with Crippen LogP contribution in [0.3, 0.4) is 0 Å². The van der Waals surface area contributed by atoms with Gasteiger partial charge in [0.2, 0.25) is 0 Å². The van der Waals surface area contributed by atoms with Gasteiger partial charge in [-0.2, -0.15) is 0 Å². The molecular formula is C14H20N2O4S. The summed E-state index contributed by atoms with van der Waals surface area (Å²) in [6.07, 6.45) is 0.564. The fourth-order valence-electron chi connectivity index (χ4n) is 2.46. The zero-order valence-corrected chi connectivity index (χ0v) is 13.2. The van der Waals surface area contributed by atoms with E-state index in [1.807, 2.05) is 5.38 Å². The number of aromatic nitrogens is 1. The van der Waals surface area contributed by atoms with Gasteiger partial charge in [-0.3, -0.25) is 4.90 Å². The van der Waals surface area contributed by atoms with Gasteiger partial charge >= 0.3 is 12.1 Å². The van der Waals surface area contributed by atoms with Crippen LogP contribution in [0.1, 0.15) is 32.9 Å². The van der Waals surface area contributed by atoms with Crippen molar-refractivity contribution in [1.29, 1.82) is 0 Å². The number of amides is 1. The number of carbonyl (C=O) groups is 2. The first-order valence-corrected chi connectivity index (χ1v) is 7.80. The molecular weight excluding hydrogens is 292 g/mol. The number of aliphatic carboxylic acids is 1. The van der Waals surface area contributed by atoms with Gasteiger partial charge in [-0.15, -0.1) is 11.3 Å². The van der Waals surface area contributed by atoms with E-state index in [1.165, 1.54) is 16.2 Å². The molecule has 0 aromatic carbocycles. The molecule has 1 N–H and O–H groups in total. The van der Waals surface area contributed by atoms with Crippen molar-refractivity contribution in [3.8, 4) is 0 Å². The Hall–Kier alpha value is -1.63. The van der Waals surface area contributed by atoms with Crippen LogP contribution in [0.2, 0.25) is 0 Å². The summed E-state index contributed by atoms with van der Waals surface area (Å²) in [6, 6.07) is -0.816. The number of ether oxygens (including phenoxy) is 1. The third-order valence-electron chi connectivity index (χ3n) is 3.28. The molecule has 1 aliphatic rings. The molecule has 21 heavy (non-hydrogen) atoms. The Balaban J connectivity index is 2.05. The Bertz CT molecular complexity index is 510. The molecule has 0 radical (unpaired) electrons. The third kappa shape index (κ3) is 4.17. The molecule has 1 aromatic heterocycles. The minimum absolute atomic E-state index is 0.0979. The maximum absolute atomic E-state index is 12.2. The van der Waals surface area contributed by atoms with Gasteiger partial charge in [0.05, 0.1) is 11.2 Å². The molecule has 2 atom stereocenters. The number of nitrogens with zero attached hydrogens (tertiary/aromatic N) is 2. The summed E-state index contributed by atoms with van der Waals surface area (Å²) in [7, 11) is 0. The van der Waals surface area contributed by atoms with Crippen LogP contribution in [0.5, 0.6) is 0 Å². The smallest absolute Gasteiger partial charge is 0.411 e. The van der Waals surface area contributed by atoms with Crippen LogP contribution in [0.25, 0.3) is 0 Å². The van der Waals surface area contributed by atoms with Crippen molar-refractivity contribution in [2.24, 2.45) is 5.92 Å². The van der Waals surface area contributed by atoms with E-state index in [0.29, 0.717) is 19.4 Å². The lowest BCUT2D eigenvalue weighted by Crippen LogP contribution is -2.43. The van der Waals surface area contributed by atoms with Crippen molar-refractivity contribution in [3.63, 3.8) is 0 Å². The third-order valence-corrected chi connectivity index (χ3v) is 3.92. The highest BCUT2D eigenvalue weighted by Gasteiger charge is 2.41. The van der Waals surface area contributed by atoms with Crippen molar-refractivity contribution in [2.75, 3.05) is 6.54 Å². The van der Waals surface area contributed by atoms with Crippen LogP contribution in [0.15, 0.2) is 10.9 Å². The molecule has 7 heteroatoms. The summed E-state index contributed by atoms with van der Waals surface area (Å²) < 4.78 is 5.30. The summed E-state index contributed by atoms with van der Waals surface area (Å²) in [5.74, 6) is -0.887. The highest BCUT2D eigenvalue weighted by molar-refractivity contribution is 7.07. The maximum atomic E-state index is 12.2. The van der Waals surface area contributed by atoms with Gasteiger partial charge in [-0.05, 0) is 39.5 Å². The second kappa shape index (κ2) is 6.01. The van der Waals surface area contributed by atoms with E-state index in [1.54, 1.807) is 26.3 Å². The first-order valence-electron chi connectivity index (χ1n) is 6.86. The topological polar surface area (TPSA) is 79.7 Å². The molecule has 1 amide bonds. The van der Waals surface area contributed by atoms with Crippen molar-refractivity contribution in [3.05, 3.63) is 16.6 Å². The molecule has 1 saturated heterocycles. The molecule has 116 valence electrons. The summed E-state index contributed by atoms with van der Waals surface area (Å²) in [5.41, 5.74) is 2.07. The van der Waals surface area contributed by atoms with Gasteiger partial charge in [0.15, 0.2) is 0 Å². The number of carbonyl (C=O) groups excluding carboxylic acids is 1. The lowest BCUT2D eigenvalue weighted by Gasteiger charge is -2.26. The van der Waals surface area contributed by atoms with Gasteiger partial charge in [-0.1, -0.05) is 0 Å². The van der Waals surface area contributed by atoms with Crippen LogP contribution in [0, 0.1) is 5.92 Å². The van der Waals surface area contributed by atoms with Crippen molar-refractivity contribution >= 4 is 23.4 Å². The average Bonchev–Trinajstić information content (AvgIpc) is 2.96. The van der Waals surface area contributed by atoms with E-state index < -0.39 is 23.7 Å². The number of likely N-dealkylation sites (tertiary alicyclic amines) is 1. The van der Waals surface area contributed by atoms with E-state index >= 15 is 0 Å². The average molecular weight is 312 g/mol. The summed E-state index contributed by atoms with van der Waals surface area (Å²) in [5, 5.41) is 11.3. The van der Waals surface area contributed by atoms with E-state index in [0.717, 1.165) is 5.69 Å². The molecule has 6 nitrogen and oxygen atoms in total. The molecule has 0 saturated carbocycles. The van der Waals surface area contributed by atoms with E-state index in [2.05, 4.69) is 4.98 Å². The van der Waals surface area contributed by atoms with Crippen LogP contribution in [-0.4, -0.2) is 45.2 Å². The van der Waals surface area contributed by atoms with Gasteiger partial charge < -0.3 is 9.84 Å². The molecule has 0 aliphatic carbocycles. The van der Waals surface area contributed by atoms with Crippen molar-refractivity contribution in [2.45, 2.75) is 45.3 Å². The summed E-state index contributed by atoms with van der Waals surface area (Å²) >= 11 is 1.51. The molecule has 2 heterocycles. The lowest BCUT2D eigenvalue weighted by molar-refractivity contribution is -0.142. The number of rotatable bonds is 3. The van der Waals surface area contributed by atoms with Gasteiger partial charge in [0, 0.05) is 11.9 Å². The molecule has 0 bridgehead atoms. The van der Waals surface area contributed by atoms with E-state index in [4.69, 9.17) is 4.74 Å². The first-order chi connectivity index (χ1) is 9.76. The lowest BCUT2D eigenvalue weighted by atomic mass is 10.0. The second-order valence-corrected chi connectivity index (χ2v) is 6.99. The highest BCUT2D eigenvalue weighted by Crippen LogP contribution is 2.28. The Morgan fingerprint density at radius 1 is 1.52 bits per heavy atom. The van der Waals surface area contributed by atoms with Crippen molar-refractivity contribution < 1.29 is 19.4 Å². The quantitative estimate of drug-likeness (QED) is 0.927. The van der Waals surface area contributed by atoms with Gasteiger partial charge in [-0.25, -0.2) is 14.6 Å². The SMILES string of the molecule is CC(C)(C)OC(=O)N1CC(Cc2cscn2)CC1C(=O)O. The van der Waals surface area contributed by atoms with Crippen LogP contribution >= 0.6 is 11.3 Å². The minimum Gasteiger partial charge on any atom is -0.480 e.